The van der Waals surface area contributed by atoms with E-state index in [4.69, 9.17) is 0 Å². The highest BCUT2D eigenvalue weighted by atomic mass is 32.2. The maximum absolute atomic E-state index is 4.36. The molecule has 0 aromatic carbocycles. The van der Waals surface area contributed by atoms with Crippen LogP contribution in [0.2, 0.25) is 0 Å². The van der Waals surface area contributed by atoms with E-state index in [1.165, 1.54) is 0 Å². The number of imidazole rings is 1. The zero-order valence-electron chi connectivity index (χ0n) is 8.27. The van der Waals surface area contributed by atoms with Crippen LogP contribution < -0.4 is 0 Å². The van der Waals surface area contributed by atoms with Crippen LogP contribution in [-0.4, -0.2) is 25.8 Å². The van der Waals surface area contributed by atoms with Gasteiger partial charge in [-0.15, -0.1) is 5.10 Å². The Hall–Kier alpha value is -1.10. The van der Waals surface area contributed by atoms with E-state index in [9.17, 15) is 0 Å². The third kappa shape index (κ3) is 1.48. The van der Waals surface area contributed by atoms with Gasteiger partial charge in [0.1, 0.15) is 5.82 Å². The van der Waals surface area contributed by atoms with Gasteiger partial charge in [0, 0.05) is 6.42 Å². The fourth-order valence-corrected chi connectivity index (χ4v) is 1.95. The zero-order valence-corrected chi connectivity index (χ0v) is 9.08. The number of fused-ring (bicyclic) bond motifs is 1. The van der Waals surface area contributed by atoms with Crippen molar-refractivity contribution >= 4 is 17.3 Å². The van der Waals surface area contributed by atoms with Crippen LogP contribution in [0, 0.1) is 0 Å². The van der Waals surface area contributed by atoms with E-state index in [1.807, 2.05) is 12.5 Å². The van der Waals surface area contributed by atoms with Crippen molar-refractivity contribution in [3.05, 3.63) is 18.2 Å². The van der Waals surface area contributed by atoms with Gasteiger partial charge in [0.2, 0.25) is 0 Å². The van der Waals surface area contributed by atoms with E-state index >= 15 is 0 Å². The first-order chi connectivity index (χ1) is 6.86. The van der Waals surface area contributed by atoms with Gasteiger partial charge in [0.25, 0.3) is 0 Å². The molecule has 0 saturated heterocycles. The van der Waals surface area contributed by atoms with Crippen molar-refractivity contribution in [2.75, 3.05) is 6.26 Å². The topological polar surface area (TPSA) is 43.1 Å². The third-order valence-electron chi connectivity index (χ3n) is 2.04. The molecule has 5 heteroatoms. The minimum Gasteiger partial charge on any atom is -0.272 e. The zero-order chi connectivity index (χ0) is 9.97. The van der Waals surface area contributed by atoms with Crippen LogP contribution in [0.15, 0.2) is 17.6 Å². The monoisotopic (exact) mass is 208 g/mol. The van der Waals surface area contributed by atoms with Gasteiger partial charge in [-0.2, -0.15) is 5.10 Å². The Morgan fingerprint density at radius 3 is 3.00 bits per heavy atom. The molecule has 2 aromatic rings. The van der Waals surface area contributed by atoms with Gasteiger partial charge in [-0.1, -0.05) is 18.7 Å². The van der Waals surface area contributed by atoms with Gasteiger partial charge in [-0.05, 0) is 12.7 Å². The second kappa shape index (κ2) is 3.96. The number of rotatable bonds is 3. The summed E-state index contributed by atoms with van der Waals surface area (Å²) in [4.78, 5) is 4.36. The van der Waals surface area contributed by atoms with Gasteiger partial charge in [0.05, 0.1) is 17.9 Å². The Morgan fingerprint density at radius 2 is 2.29 bits per heavy atom. The molecule has 2 aromatic heterocycles. The fourth-order valence-electron chi connectivity index (χ4n) is 1.43. The van der Waals surface area contributed by atoms with E-state index < -0.39 is 0 Å². The SMILES string of the molecule is CCCc1ncc2cnnc(SC)n12. The van der Waals surface area contributed by atoms with Crippen molar-refractivity contribution in [1.82, 2.24) is 19.6 Å². The molecule has 0 bridgehead atoms. The predicted molar refractivity (Wildman–Crippen MR) is 56.6 cm³/mol. The molecule has 74 valence electrons. The molecule has 0 spiro atoms. The standard InChI is InChI=1S/C9H12N4S/c1-3-4-8-10-5-7-6-11-12-9(14-2)13(7)8/h5-6H,3-4H2,1-2H3. The van der Waals surface area contributed by atoms with E-state index in [0.29, 0.717) is 0 Å². The Balaban J connectivity index is 2.62. The third-order valence-corrected chi connectivity index (χ3v) is 2.67. The average molecular weight is 208 g/mol. The highest BCUT2D eigenvalue weighted by Crippen LogP contribution is 2.15. The fraction of sp³-hybridized carbons (Fsp3) is 0.444. The number of thioether (sulfide) groups is 1. The van der Waals surface area contributed by atoms with E-state index in [2.05, 4.69) is 26.5 Å². The molecule has 0 N–H and O–H groups in total. The van der Waals surface area contributed by atoms with Crippen molar-refractivity contribution in [2.24, 2.45) is 0 Å². The molecular formula is C9H12N4S. The number of hydrogen-bond acceptors (Lipinski definition) is 4. The first kappa shape index (κ1) is 9.45. The highest BCUT2D eigenvalue weighted by Gasteiger charge is 2.07. The lowest BCUT2D eigenvalue weighted by Gasteiger charge is -2.02. The van der Waals surface area contributed by atoms with E-state index in [1.54, 1.807) is 18.0 Å². The summed E-state index contributed by atoms with van der Waals surface area (Å²) in [7, 11) is 0. The van der Waals surface area contributed by atoms with Gasteiger partial charge in [-0.25, -0.2) is 4.98 Å². The summed E-state index contributed by atoms with van der Waals surface area (Å²) in [5.41, 5.74) is 1.02. The normalized spacial score (nSPS) is 11.0. The average Bonchev–Trinajstić information content (AvgIpc) is 2.62. The summed E-state index contributed by atoms with van der Waals surface area (Å²) in [5, 5.41) is 8.91. The number of aryl methyl sites for hydroxylation is 1. The van der Waals surface area contributed by atoms with Crippen LogP contribution in [0.3, 0.4) is 0 Å². The highest BCUT2D eigenvalue weighted by molar-refractivity contribution is 7.98. The van der Waals surface area contributed by atoms with Crippen molar-refractivity contribution in [3.8, 4) is 0 Å². The van der Waals surface area contributed by atoms with Crippen LogP contribution in [-0.2, 0) is 6.42 Å². The summed E-state index contributed by atoms with van der Waals surface area (Å²) in [6.45, 7) is 2.15. The predicted octanol–water partition coefficient (Wildman–Crippen LogP) is 1.80. The quantitative estimate of drug-likeness (QED) is 0.721. The summed E-state index contributed by atoms with van der Waals surface area (Å²) in [5.74, 6) is 1.07. The summed E-state index contributed by atoms with van der Waals surface area (Å²) in [6, 6.07) is 0. The van der Waals surface area contributed by atoms with Crippen molar-refractivity contribution in [2.45, 2.75) is 24.9 Å². The Bertz CT molecular complexity index is 437. The Kier molecular flexibility index (Phi) is 2.67. The minimum atomic E-state index is 0.906. The number of nitrogens with zero attached hydrogens (tertiary/aromatic N) is 4. The number of hydrogen-bond donors (Lipinski definition) is 0. The van der Waals surface area contributed by atoms with Gasteiger partial charge >= 0.3 is 0 Å². The van der Waals surface area contributed by atoms with Crippen LogP contribution in [0.4, 0.5) is 0 Å². The molecule has 0 unspecified atom stereocenters. The maximum atomic E-state index is 4.36. The molecule has 0 atom stereocenters. The molecule has 0 fully saturated rings. The molecular weight excluding hydrogens is 196 g/mol. The summed E-state index contributed by atoms with van der Waals surface area (Å²) < 4.78 is 2.07. The van der Waals surface area contributed by atoms with Gasteiger partial charge < -0.3 is 0 Å². The first-order valence-electron chi connectivity index (χ1n) is 4.58. The smallest absolute Gasteiger partial charge is 0.195 e. The minimum absolute atomic E-state index is 0.906. The molecule has 0 amide bonds. The summed E-state index contributed by atoms with van der Waals surface area (Å²) >= 11 is 1.59. The number of aromatic nitrogens is 4. The molecule has 0 saturated carbocycles. The molecule has 0 aliphatic rings. The molecule has 4 nitrogen and oxygen atoms in total. The maximum Gasteiger partial charge on any atom is 0.195 e. The van der Waals surface area contributed by atoms with Crippen LogP contribution in [0.25, 0.3) is 5.52 Å². The lowest BCUT2D eigenvalue weighted by atomic mass is 10.3. The molecule has 0 radical (unpaired) electrons. The van der Waals surface area contributed by atoms with Crippen molar-refractivity contribution in [3.63, 3.8) is 0 Å². The van der Waals surface area contributed by atoms with Gasteiger partial charge in [-0.3, -0.25) is 4.40 Å². The largest absolute Gasteiger partial charge is 0.272 e. The summed E-state index contributed by atoms with van der Waals surface area (Å²) in [6.07, 6.45) is 7.66. The lowest BCUT2D eigenvalue weighted by Crippen LogP contribution is -2.00. The molecule has 0 aliphatic carbocycles. The van der Waals surface area contributed by atoms with Crippen molar-refractivity contribution < 1.29 is 0 Å². The molecule has 0 aliphatic heterocycles. The van der Waals surface area contributed by atoms with Crippen molar-refractivity contribution in [1.29, 1.82) is 0 Å². The van der Waals surface area contributed by atoms with Gasteiger partial charge in [0.15, 0.2) is 5.16 Å². The van der Waals surface area contributed by atoms with Crippen LogP contribution in [0.5, 0.6) is 0 Å². The second-order valence-corrected chi connectivity index (χ2v) is 3.79. The van der Waals surface area contributed by atoms with E-state index in [0.717, 1.165) is 29.3 Å². The molecule has 2 heterocycles. The first-order valence-corrected chi connectivity index (χ1v) is 5.81. The molecule has 14 heavy (non-hydrogen) atoms. The molecule has 2 rings (SSSR count). The Labute approximate surface area is 86.8 Å². The van der Waals surface area contributed by atoms with E-state index in [-0.39, 0.29) is 0 Å². The second-order valence-electron chi connectivity index (χ2n) is 3.02. The van der Waals surface area contributed by atoms with Crippen LogP contribution >= 0.6 is 11.8 Å². The van der Waals surface area contributed by atoms with Crippen LogP contribution in [0.1, 0.15) is 19.2 Å². The lowest BCUT2D eigenvalue weighted by molar-refractivity contribution is 0.741. The Morgan fingerprint density at radius 1 is 1.43 bits per heavy atom.